The zero-order chi connectivity index (χ0) is 16.8. The van der Waals surface area contributed by atoms with Crippen molar-refractivity contribution in [3.8, 4) is 0 Å². The molecule has 2 aromatic carbocycles. The second-order valence-corrected chi connectivity index (χ2v) is 5.10. The molecule has 0 saturated carbocycles. The van der Waals surface area contributed by atoms with E-state index in [-0.39, 0.29) is 30.9 Å². The fourth-order valence-electron chi connectivity index (χ4n) is 2.14. The molecule has 1 amide bonds. The molecule has 0 spiro atoms. The highest BCUT2D eigenvalue weighted by molar-refractivity contribution is 5.76. The van der Waals surface area contributed by atoms with Gasteiger partial charge < -0.3 is 10.4 Å². The molecule has 2 rings (SSSR count). The quantitative estimate of drug-likeness (QED) is 0.803. The van der Waals surface area contributed by atoms with E-state index in [1.54, 1.807) is 30.3 Å². The maximum absolute atomic E-state index is 13.1. The van der Waals surface area contributed by atoms with Gasteiger partial charge in [0.2, 0.25) is 5.91 Å². The van der Waals surface area contributed by atoms with Crippen LogP contribution in [0.5, 0.6) is 0 Å². The van der Waals surface area contributed by atoms with Crippen molar-refractivity contribution in [1.82, 2.24) is 5.32 Å². The summed E-state index contributed by atoms with van der Waals surface area (Å²) in [5, 5.41) is 12.5. The van der Waals surface area contributed by atoms with E-state index >= 15 is 0 Å². The average molecular weight is 323 g/mol. The van der Waals surface area contributed by atoms with Crippen LogP contribution in [0.2, 0.25) is 0 Å². The molecule has 0 heterocycles. The molecule has 0 aliphatic heterocycles. The molecule has 0 aliphatic carbocycles. The highest BCUT2D eigenvalue weighted by atomic mass is 19.2. The number of carbonyl (C=O) groups excluding carboxylic acids is 1. The zero-order valence-electron chi connectivity index (χ0n) is 12.2. The van der Waals surface area contributed by atoms with Gasteiger partial charge in [0.15, 0.2) is 17.5 Å². The van der Waals surface area contributed by atoms with Crippen LogP contribution in [0.15, 0.2) is 42.5 Å². The monoisotopic (exact) mass is 323 g/mol. The van der Waals surface area contributed by atoms with Crippen LogP contribution in [-0.4, -0.2) is 17.6 Å². The second kappa shape index (κ2) is 7.78. The van der Waals surface area contributed by atoms with Crippen molar-refractivity contribution in [3.63, 3.8) is 0 Å². The largest absolute Gasteiger partial charge is 0.388 e. The van der Waals surface area contributed by atoms with E-state index in [0.717, 1.165) is 12.1 Å². The first-order valence-electron chi connectivity index (χ1n) is 7.10. The molecular weight excluding hydrogens is 307 g/mol. The molecular formula is C17H16F3NO2. The molecule has 23 heavy (non-hydrogen) atoms. The molecule has 3 nitrogen and oxygen atoms in total. The summed E-state index contributed by atoms with van der Waals surface area (Å²) in [6.45, 7) is 0.130. The SMILES string of the molecule is O=C(CC(O)c1ccccc1)NCCc1cc(F)c(F)c(F)c1. The first-order chi connectivity index (χ1) is 11.0. The molecule has 6 heteroatoms. The number of benzene rings is 2. The van der Waals surface area contributed by atoms with Crippen LogP contribution in [0, 0.1) is 17.5 Å². The lowest BCUT2D eigenvalue weighted by atomic mass is 10.1. The number of halogens is 3. The molecule has 0 radical (unpaired) electrons. The Morgan fingerprint density at radius 1 is 1.09 bits per heavy atom. The van der Waals surface area contributed by atoms with Crippen molar-refractivity contribution in [1.29, 1.82) is 0 Å². The summed E-state index contributed by atoms with van der Waals surface area (Å²) in [6, 6.07) is 10.5. The lowest BCUT2D eigenvalue weighted by Gasteiger charge is -2.11. The molecule has 2 N–H and O–H groups in total. The zero-order valence-corrected chi connectivity index (χ0v) is 12.2. The van der Waals surface area contributed by atoms with Crippen LogP contribution in [0.4, 0.5) is 13.2 Å². The molecule has 0 fully saturated rings. The Morgan fingerprint density at radius 3 is 2.30 bits per heavy atom. The number of aliphatic hydroxyl groups excluding tert-OH is 1. The second-order valence-electron chi connectivity index (χ2n) is 5.10. The van der Waals surface area contributed by atoms with Gasteiger partial charge >= 0.3 is 0 Å². The number of amides is 1. The Hall–Kier alpha value is -2.34. The lowest BCUT2D eigenvalue weighted by Crippen LogP contribution is -2.27. The van der Waals surface area contributed by atoms with E-state index in [1.807, 2.05) is 0 Å². The van der Waals surface area contributed by atoms with Crippen molar-refractivity contribution in [3.05, 3.63) is 71.0 Å². The molecule has 0 saturated heterocycles. The standard InChI is InChI=1S/C17H16F3NO2/c18-13-8-11(9-14(19)17(13)20)6-7-21-16(23)10-15(22)12-4-2-1-3-5-12/h1-5,8-9,15,22H,6-7,10H2,(H,21,23). The third kappa shape index (κ3) is 4.82. The fourth-order valence-corrected chi connectivity index (χ4v) is 2.14. The van der Waals surface area contributed by atoms with Gasteiger partial charge in [-0.1, -0.05) is 30.3 Å². The number of aliphatic hydroxyl groups is 1. The third-order valence-corrected chi connectivity index (χ3v) is 3.34. The minimum atomic E-state index is -1.51. The van der Waals surface area contributed by atoms with E-state index in [4.69, 9.17) is 0 Å². The molecule has 0 bridgehead atoms. The number of hydrogen-bond donors (Lipinski definition) is 2. The van der Waals surface area contributed by atoms with Gasteiger partial charge in [-0.25, -0.2) is 13.2 Å². The molecule has 2 aromatic rings. The van der Waals surface area contributed by atoms with Gasteiger partial charge in [-0.05, 0) is 29.7 Å². The van der Waals surface area contributed by atoms with Crippen molar-refractivity contribution < 1.29 is 23.1 Å². The number of hydrogen-bond acceptors (Lipinski definition) is 2. The number of nitrogens with one attached hydrogen (secondary N) is 1. The summed E-state index contributed by atoms with van der Waals surface area (Å²) in [6.07, 6.45) is -0.880. The highest BCUT2D eigenvalue weighted by Gasteiger charge is 2.13. The lowest BCUT2D eigenvalue weighted by molar-refractivity contribution is -0.123. The molecule has 1 atom stereocenters. The van der Waals surface area contributed by atoms with Crippen LogP contribution >= 0.6 is 0 Å². The van der Waals surface area contributed by atoms with Gasteiger partial charge in [-0.3, -0.25) is 4.79 Å². The van der Waals surface area contributed by atoms with Gasteiger partial charge in [0, 0.05) is 6.54 Å². The Morgan fingerprint density at radius 2 is 1.70 bits per heavy atom. The van der Waals surface area contributed by atoms with Gasteiger partial charge in [0.05, 0.1) is 12.5 Å². The Bertz CT molecular complexity index is 654. The first kappa shape index (κ1) is 17.0. The minimum absolute atomic E-state index is 0.115. The normalized spacial score (nSPS) is 12.0. The minimum Gasteiger partial charge on any atom is -0.388 e. The topological polar surface area (TPSA) is 49.3 Å². The van der Waals surface area contributed by atoms with E-state index in [0.29, 0.717) is 5.56 Å². The van der Waals surface area contributed by atoms with Crippen LogP contribution in [0.25, 0.3) is 0 Å². The smallest absolute Gasteiger partial charge is 0.222 e. The van der Waals surface area contributed by atoms with Gasteiger partial charge in [-0.2, -0.15) is 0 Å². The molecule has 1 unspecified atom stereocenters. The first-order valence-corrected chi connectivity index (χ1v) is 7.10. The predicted molar refractivity (Wildman–Crippen MR) is 79.0 cm³/mol. The third-order valence-electron chi connectivity index (χ3n) is 3.34. The van der Waals surface area contributed by atoms with Crippen LogP contribution < -0.4 is 5.32 Å². The number of rotatable bonds is 6. The summed E-state index contributed by atoms with van der Waals surface area (Å²) in [5.74, 6) is -4.41. The summed E-state index contributed by atoms with van der Waals surface area (Å²) in [4.78, 5) is 11.7. The van der Waals surface area contributed by atoms with Gasteiger partial charge in [-0.15, -0.1) is 0 Å². The molecule has 0 aromatic heterocycles. The summed E-state index contributed by atoms with van der Waals surface area (Å²) < 4.78 is 38.9. The van der Waals surface area contributed by atoms with Crippen molar-refractivity contribution >= 4 is 5.91 Å². The van der Waals surface area contributed by atoms with E-state index < -0.39 is 23.6 Å². The molecule has 0 aliphatic rings. The summed E-state index contributed by atoms with van der Waals surface area (Å²) >= 11 is 0. The van der Waals surface area contributed by atoms with Crippen molar-refractivity contribution in [2.75, 3.05) is 6.54 Å². The number of carbonyl (C=O) groups is 1. The van der Waals surface area contributed by atoms with Crippen molar-refractivity contribution in [2.24, 2.45) is 0 Å². The molecule has 122 valence electrons. The van der Waals surface area contributed by atoms with E-state index in [1.165, 1.54) is 0 Å². The maximum atomic E-state index is 13.1. The van der Waals surface area contributed by atoms with Crippen LogP contribution in [0.1, 0.15) is 23.7 Å². The van der Waals surface area contributed by atoms with Crippen molar-refractivity contribution in [2.45, 2.75) is 18.9 Å². The maximum Gasteiger partial charge on any atom is 0.222 e. The highest BCUT2D eigenvalue weighted by Crippen LogP contribution is 2.16. The van der Waals surface area contributed by atoms with Crippen LogP contribution in [-0.2, 0) is 11.2 Å². The Kier molecular flexibility index (Phi) is 5.76. The van der Waals surface area contributed by atoms with Crippen LogP contribution in [0.3, 0.4) is 0 Å². The Labute approximate surface area is 131 Å². The fraction of sp³-hybridized carbons (Fsp3) is 0.235. The predicted octanol–water partition coefficient (Wildman–Crippen LogP) is 2.89. The van der Waals surface area contributed by atoms with E-state index in [9.17, 15) is 23.1 Å². The van der Waals surface area contributed by atoms with Gasteiger partial charge in [0.1, 0.15) is 0 Å². The summed E-state index contributed by atoms with van der Waals surface area (Å²) in [5.41, 5.74) is 0.871. The average Bonchev–Trinajstić information content (AvgIpc) is 2.53. The Balaban J connectivity index is 1.81. The van der Waals surface area contributed by atoms with Gasteiger partial charge in [0.25, 0.3) is 0 Å². The summed E-state index contributed by atoms with van der Waals surface area (Å²) in [7, 11) is 0. The van der Waals surface area contributed by atoms with E-state index in [2.05, 4.69) is 5.32 Å².